The van der Waals surface area contributed by atoms with Crippen LogP contribution in [0.1, 0.15) is 54.4 Å². The average molecular weight is 494 g/mol. The SMILES string of the molecule is O=C(CO)NCCCCCOc1ccc(C(=O)N2CCC(N3C(=O)CCc4ccccc43)CC2)cc1. The van der Waals surface area contributed by atoms with E-state index < -0.39 is 6.61 Å². The van der Waals surface area contributed by atoms with Crippen LogP contribution in [0, 0.1) is 0 Å². The second-order valence-electron chi connectivity index (χ2n) is 9.36. The first-order valence-corrected chi connectivity index (χ1v) is 12.9. The molecule has 2 aliphatic heterocycles. The number of benzene rings is 2. The molecule has 0 bridgehead atoms. The molecule has 8 nitrogen and oxygen atoms in total. The number of hydrogen-bond acceptors (Lipinski definition) is 5. The monoisotopic (exact) mass is 493 g/mol. The molecule has 0 unspecified atom stereocenters. The van der Waals surface area contributed by atoms with Crippen molar-refractivity contribution >= 4 is 23.4 Å². The largest absolute Gasteiger partial charge is 0.494 e. The number of fused-ring (bicyclic) bond motifs is 1. The highest BCUT2D eigenvalue weighted by atomic mass is 16.5. The third-order valence-electron chi connectivity index (χ3n) is 6.90. The van der Waals surface area contributed by atoms with Crippen LogP contribution < -0.4 is 15.0 Å². The van der Waals surface area contributed by atoms with Crippen molar-refractivity contribution in [3.05, 3.63) is 59.7 Å². The minimum absolute atomic E-state index is 0.00953. The van der Waals surface area contributed by atoms with E-state index in [1.165, 1.54) is 5.56 Å². The number of ether oxygens (including phenoxy) is 1. The van der Waals surface area contributed by atoms with E-state index >= 15 is 0 Å². The lowest BCUT2D eigenvalue weighted by atomic mass is 9.95. The van der Waals surface area contributed by atoms with Crippen molar-refractivity contribution in [1.82, 2.24) is 10.2 Å². The van der Waals surface area contributed by atoms with Crippen LogP contribution in [0.2, 0.25) is 0 Å². The molecule has 1 saturated heterocycles. The summed E-state index contributed by atoms with van der Waals surface area (Å²) in [7, 11) is 0. The van der Waals surface area contributed by atoms with E-state index in [4.69, 9.17) is 9.84 Å². The Hall–Kier alpha value is -3.39. The van der Waals surface area contributed by atoms with Gasteiger partial charge >= 0.3 is 0 Å². The van der Waals surface area contributed by atoms with Crippen LogP contribution in [0.25, 0.3) is 0 Å². The van der Waals surface area contributed by atoms with Gasteiger partial charge in [0.05, 0.1) is 6.61 Å². The molecule has 2 aliphatic rings. The number of nitrogens with zero attached hydrogens (tertiary/aromatic N) is 2. The number of unbranched alkanes of at least 4 members (excludes halogenated alkanes) is 2. The highest BCUT2D eigenvalue weighted by Crippen LogP contribution is 2.32. The van der Waals surface area contributed by atoms with Crippen LogP contribution in [0.15, 0.2) is 48.5 Å². The van der Waals surface area contributed by atoms with Gasteiger partial charge in [-0.05, 0) is 74.4 Å². The molecule has 3 amide bonds. The minimum Gasteiger partial charge on any atom is -0.494 e. The normalized spacial score (nSPS) is 16.0. The minimum atomic E-state index is -0.478. The zero-order chi connectivity index (χ0) is 25.3. The molecule has 2 N–H and O–H groups in total. The Labute approximate surface area is 212 Å². The van der Waals surface area contributed by atoms with E-state index in [1.54, 1.807) is 12.1 Å². The van der Waals surface area contributed by atoms with Gasteiger partial charge < -0.3 is 25.0 Å². The fourth-order valence-corrected chi connectivity index (χ4v) is 4.94. The molecule has 1 fully saturated rings. The number of likely N-dealkylation sites (tertiary alicyclic amines) is 1. The smallest absolute Gasteiger partial charge is 0.253 e. The molecule has 0 radical (unpaired) electrons. The Kier molecular flexibility index (Phi) is 8.95. The molecular formula is C28H35N3O5. The first-order valence-electron chi connectivity index (χ1n) is 12.9. The number of hydrogen-bond donors (Lipinski definition) is 2. The molecule has 36 heavy (non-hydrogen) atoms. The van der Waals surface area contributed by atoms with E-state index in [2.05, 4.69) is 11.4 Å². The van der Waals surface area contributed by atoms with Gasteiger partial charge in [-0.1, -0.05) is 18.2 Å². The van der Waals surface area contributed by atoms with Gasteiger partial charge in [0, 0.05) is 43.3 Å². The standard InChI is InChI=1S/C28H35N3O5/c32-20-26(33)29-16-4-1-5-19-36-24-11-8-22(9-12-24)28(35)30-17-14-23(15-18-30)31-25-7-3-2-6-21(25)10-13-27(31)34/h2-3,6-9,11-12,23,32H,1,4-5,10,13-20H2,(H,29,33). The van der Waals surface area contributed by atoms with Gasteiger partial charge in [-0.25, -0.2) is 0 Å². The van der Waals surface area contributed by atoms with E-state index in [0.29, 0.717) is 38.2 Å². The Morgan fingerprint density at radius 3 is 2.47 bits per heavy atom. The third kappa shape index (κ3) is 6.43. The highest BCUT2D eigenvalue weighted by molar-refractivity contribution is 5.97. The predicted molar refractivity (Wildman–Crippen MR) is 137 cm³/mol. The van der Waals surface area contributed by atoms with Gasteiger partial charge in [0.25, 0.3) is 5.91 Å². The molecule has 2 aromatic carbocycles. The number of aryl methyl sites for hydroxylation is 1. The number of para-hydroxylation sites is 1. The van der Waals surface area contributed by atoms with Gasteiger partial charge in [-0.3, -0.25) is 14.4 Å². The molecular weight excluding hydrogens is 458 g/mol. The summed E-state index contributed by atoms with van der Waals surface area (Å²) in [6, 6.07) is 15.5. The zero-order valence-corrected chi connectivity index (χ0v) is 20.7. The fraction of sp³-hybridized carbons (Fsp3) is 0.464. The Balaban J connectivity index is 1.21. The van der Waals surface area contributed by atoms with Crippen LogP contribution >= 0.6 is 0 Å². The quantitative estimate of drug-likeness (QED) is 0.496. The molecule has 2 heterocycles. The van der Waals surface area contributed by atoms with Crippen molar-refractivity contribution in [3.63, 3.8) is 0 Å². The van der Waals surface area contributed by atoms with Crippen molar-refractivity contribution in [3.8, 4) is 5.75 Å². The summed E-state index contributed by atoms with van der Waals surface area (Å²) in [5.74, 6) is 0.562. The lowest BCUT2D eigenvalue weighted by molar-refractivity contribution is -0.123. The van der Waals surface area contributed by atoms with E-state index in [0.717, 1.165) is 50.0 Å². The van der Waals surface area contributed by atoms with Crippen molar-refractivity contribution in [1.29, 1.82) is 0 Å². The lowest BCUT2D eigenvalue weighted by Gasteiger charge is -2.41. The van der Waals surface area contributed by atoms with Crippen LogP contribution in [-0.2, 0) is 16.0 Å². The number of carbonyl (C=O) groups is 3. The maximum absolute atomic E-state index is 13.0. The Morgan fingerprint density at radius 1 is 0.972 bits per heavy atom. The first-order chi connectivity index (χ1) is 17.6. The second kappa shape index (κ2) is 12.5. The predicted octanol–water partition coefficient (Wildman–Crippen LogP) is 2.93. The van der Waals surface area contributed by atoms with Gasteiger partial charge in [0.15, 0.2) is 0 Å². The summed E-state index contributed by atoms with van der Waals surface area (Å²) in [5, 5.41) is 11.3. The Bertz CT molecular complexity index is 1050. The topological polar surface area (TPSA) is 99.2 Å². The number of piperidine rings is 1. The molecule has 0 aliphatic carbocycles. The Morgan fingerprint density at radius 2 is 1.72 bits per heavy atom. The van der Waals surface area contributed by atoms with E-state index in [-0.39, 0.29) is 23.8 Å². The number of amides is 3. The molecule has 2 aromatic rings. The lowest BCUT2D eigenvalue weighted by Crippen LogP contribution is -2.50. The van der Waals surface area contributed by atoms with Crippen molar-refractivity contribution in [2.24, 2.45) is 0 Å². The summed E-state index contributed by atoms with van der Waals surface area (Å²) in [6.07, 6.45) is 5.49. The highest BCUT2D eigenvalue weighted by Gasteiger charge is 2.33. The van der Waals surface area contributed by atoms with Crippen molar-refractivity contribution < 1.29 is 24.2 Å². The maximum atomic E-state index is 13.0. The molecule has 0 spiro atoms. The van der Waals surface area contributed by atoms with Crippen LogP contribution in [0.3, 0.4) is 0 Å². The van der Waals surface area contributed by atoms with E-state index in [1.807, 2.05) is 40.1 Å². The number of carbonyl (C=O) groups excluding carboxylic acids is 3. The van der Waals surface area contributed by atoms with Crippen molar-refractivity contribution in [2.45, 2.75) is 51.0 Å². The van der Waals surface area contributed by atoms with Gasteiger partial charge in [0.1, 0.15) is 12.4 Å². The molecule has 4 rings (SSSR count). The zero-order valence-electron chi connectivity index (χ0n) is 20.7. The molecule has 8 heteroatoms. The van der Waals surface area contributed by atoms with Crippen molar-refractivity contribution in [2.75, 3.05) is 37.7 Å². The van der Waals surface area contributed by atoms with Gasteiger partial charge in [-0.15, -0.1) is 0 Å². The average Bonchev–Trinajstić information content (AvgIpc) is 2.92. The summed E-state index contributed by atoms with van der Waals surface area (Å²) in [4.78, 5) is 40.6. The molecule has 0 aromatic heterocycles. The van der Waals surface area contributed by atoms with Gasteiger partial charge in [0.2, 0.25) is 11.8 Å². The summed E-state index contributed by atoms with van der Waals surface area (Å²) in [5.41, 5.74) is 2.90. The van der Waals surface area contributed by atoms with Gasteiger partial charge in [-0.2, -0.15) is 0 Å². The molecule has 0 saturated carbocycles. The first kappa shape index (κ1) is 25.7. The van der Waals surface area contributed by atoms with E-state index in [9.17, 15) is 14.4 Å². The number of anilines is 1. The van der Waals surface area contributed by atoms with Crippen LogP contribution in [0.4, 0.5) is 5.69 Å². The van der Waals surface area contributed by atoms with Crippen LogP contribution in [-0.4, -0.2) is 66.6 Å². The summed E-state index contributed by atoms with van der Waals surface area (Å²) < 4.78 is 5.77. The summed E-state index contributed by atoms with van der Waals surface area (Å²) in [6.45, 7) is 1.90. The number of nitrogens with one attached hydrogen (secondary N) is 1. The van der Waals surface area contributed by atoms with Crippen LogP contribution in [0.5, 0.6) is 5.75 Å². The molecule has 192 valence electrons. The fourth-order valence-electron chi connectivity index (χ4n) is 4.94. The number of aliphatic hydroxyl groups excluding tert-OH is 1. The third-order valence-corrected chi connectivity index (χ3v) is 6.90. The second-order valence-corrected chi connectivity index (χ2v) is 9.36. The number of aliphatic hydroxyl groups is 1. The molecule has 0 atom stereocenters. The number of rotatable bonds is 10. The summed E-state index contributed by atoms with van der Waals surface area (Å²) >= 11 is 0. The maximum Gasteiger partial charge on any atom is 0.253 e.